The molecule has 3 N–H and O–H groups in total. The number of carbonyl (C=O) groups is 4. The third kappa shape index (κ3) is 74.3. The van der Waals surface area contributed by atoms with E-state index in [0.29, 0.717) is 31.6 Å². The molecule has 5 atom stereocenters. The van der Waals surface area contributed by atoms with Crippen molar-refractivity contribution < 1.29 is 80.2 Å². The van der Waals surface area contributed by atoms with Gasteiger partial charge in [-0.2, -0.15) is 0 Å². The summed E-state index contributed by atoms with van der Waals surface area (Å²) in [4.78, 5) is 72.9. The Morgan fingerprint density at radius 2 is 0.420 bits per heavy atom. The Kier molecular flexibility index (Phi) is 68.7. The lowest BCUT2D eigenvalue weighted by Crippen LogP contribution is -2.30. The van der Waals surface area contributed by atoms with Crippen molar-refractivity contribution in [3.05, 3.63) is 0 Å². The first-order chi connectivity index (χ1) is 48.1. The number of hydrogen-bond acceptors (Lipinski definition) is 15. The molecular formula is C81H158O17P2. The van der Waals surface area contributed by atoms with Crippen molar-refractivity contribution in [3.63, 3.8) is 0 Å². The van der Waals surface area contributed by atoms with Gasteiger partial charge in [0, 0.05) is 25.7 Å². The summed E-state index contributed by atoms with van der Waals surface area (Å²) in [7, 11) is -9.92. The zero-order chi connectivity index (χ0) is 73.8. The normalized spacial score (nSPS) is 14.0. The van der Waals surface area contributed by atoms with Crippen LogP contribution < -0.4 is 0 Å². The van der Waals surface area contributed by atoms with Gasteiger partial charge < -0.3 is 33.8 Å². The molecule has 0 aromatic rings. The van der Waals surface area contributed by atoms with E-state index < -0.39 is 97.5 Å². The van der Waals surface area contributed by atoms with Gasteiger partial charge in [-0.3, -0.25) is 37.3 Å². The summed E-state index contributed by atoms with van der Waals surface area (Å²) in [6, 6.07) is 0. The Balaban J connectivity index is 5.21. The number of rotatable bonds is 78. The maximum absolute atomic E-state index is 13.1. The number of aliphatic hydroxyl groups is 1. The van der Waals surface area contributed by atoms with Crippen LogP contribution >= 0.6 is 15.6 Å². The van der Waals surface area contributed by atoms with E-state index in [1.54, 1.807) is 0 Å². The van der Waals surface area contributed by atoms with Crippen molar-refractivity contribution in [2.75, 3.05) is 39.6 Å². The van der Waals surface area contributed by atoms with E-state index in [0.717, 1.165) is 114 Å². The lowest BCUT2D eigenvalue weighted by molar-refractivity contribution is -0.161. The molecule has 0 aliphatic heterocycles. The van der Waals surface area contributed by atoms with Crippen LogP contribution in [-0.4, -0.2) is 96.7 Å². The Bertz CT molecular complexity index is 1950. The summed E-state index contributed by atoms with van der Waals surface area (Å²) in [5.41, 5.74) is 0. The molecule has 0 radical (unpaired) electrons. The molecule has 0 saturated heterocycles. The minimum atomic E-state index is -4.96. The number of unbranched alkanes of at least 4 members (excludes halogenated alkanes) is 44. The highest BCUT2D eigenvalue weighted by molar-refractivity contribution is 7.47. The molecule has 0 aliphatic rings. The van der Waals surface area contributed by atoms with E-state index in [2.05, 4.69) is 55.4 Å². The zero-order valence-corrected chi connectivity index (χ0v) is 67.6. The minimum absolute atomic E-state index is 0.104. The minimum Gasteiger partial charge on any atom is -0.462 e. The van der Waals surface area contributed by atoms with Gasteiger partial charge in [-0.1, -0.05) is 364 Å². The number of esters is 4. The van der Waals surface area contributed by atoms with Crippen LogP contribution in [0.4, 0.5) is 0 Å². The molecule has 0 fully saturated rings. The summed E-state index contributed by atoms with van der Waals surface area (Å²) in [5.74, 6) is 0.933. The van der Waals surface area contributed by atoms with Crippen molar-refractivity contribution in [3.8, 4) is 0 Å². The quantitative estimate of drug-likeness (QED) is 0.0222. The summed E-state index contributed by atoms with van der Waals surface area (Å²) in [6.07, 6.45) is 57.2. The Labute approximate surface area is 613 Å². The second-order valence-corrected chi connectivity index (χ2v) is 34.0. The fourth-order valence-corrected chi connectivity index (χ4v) is 14.0. The first kappa shape index (κ1) is 98.1. The lowest BCUT2D eigenvalue weighted by atomic mass is 10.0. The smallest absolute Gasteiger partial charge is 0.462 e. The van der Waals surface area contributed by atoms with E-state index in [4.69, 9.17) is 37.0 Å². The largest absolute Gasteiger partial charge is 0.472 e. The second kappa shape index (κ2) is 70.1. The SMILES string of the molecule is CC(C)CCCCCCCCCCCCCCCCCCCCC(=O)O[C@H](COC(=O)CCCCCCCCCCCCCCCCCC(C)C)COP(=O)(O)OCC(O)COP(=O)(O)OC[C@@H](COC(=O)CCCCCCCCCC(C)C)OC(=O)CCCCCCCCCCC(C)C. The van der Waals surface area contributed by atoms with Crippen LogP contribution in [-0.2, 0) is 65.4 Å². The van der Waals surface area contributed by atoms with Crippen LogP contribution in [0.25, 0.3) is 0 Å². The molecule has 3 unspecified atom stereocenters. The van der Waals surface area contributed by atoms with Crippen LogP contribution in [0.2, 0.25) is 0 Å². The van der Waals surface area contributed by atoms with Gasteiger partial charge >= 0.3 is 39.5 Å². The predicted octanol–water partition coefficient (Wildman–Crippen LogP) is 24.0. The predicted molar refractivity (Wildman–Crippen MR) is 409 cm³/mol. The molecule has 0 aromatic heterocycles. The zero-order valence-electron chi connectivity index (χ0n) is 65.8. The molecule has 0 aliphatic carbocycles. The van der Waals surface area contributed by atoms with E-state index in [-0.39, 0.29) is 25.7 Å². The number of phosphoric ester groups is 2. The molecule has 100 heavy (non-hydrogen) atoms. The van der Waals surface area contributed by atoms with E-state index in [9.17, 15) is 43.2 Å². The second-order valence-electron chi connectivity index (χ2n) is 31.1. The molecule has 0 saturated carbocycles. The first-order valence-electron chi connectivity index (χ1n) is 41.7. The van der Waals surface area contributed by atoms with E-state index in [1.807, 2.05) is 0 Å². The Hall–Kier alpha value is -1.94. The maximum atomic E-state index is 13.1. The standard InChI is InChI=1S/C81H158O17P2/c1-71(2)57-49-41-33-26-22-18-14-11-9-10-12-16-21-25-29-38-47-55-63-80(85)97-76(67-91-78(83)61-53-45-37-28-24-20-17-13-15-19-23-27-34-42-50-58-72(3)4)69-95-99(87,88)93-65-75(82)66-94-100(89,90)96-70-77(68-92-79(84)62-54-46-40-32-36-44-52-60-74(7)8)98-81(86)64-56-48-39-31-30-35-43-51-59-73(5)6/h71-77,82H,9-70H2,1-8H3,(H,87,88)(H,89,90)/t75?,76-,77-/m1/s1. The van der Waals surface area contributed by atoms with Crippen molar-refractivity contribution in [2.45, 2.75) is 433 Å². The third-order valence-electron chi connectivity index (χ3n) is 18.8. The van der Waals surface area contributed by atoms with Gasteiger partial charge in [0.15, 0.2) is 12.2 Å². The molecule has 0 rings (SSSR count). The molecule has 0 amide bonds. The van der Waals surface area contributed by atoms with E-state index >= 15 is 0 Å². The number of ether oxygens (including phenoxy) is 4. The molecule has 0 bridgehead atoms. The third-order valence-corrected chi connectivity index (χ3v) is 20.7. The number of hydrogen-bond donors (Lipinski definition) is 3. The van der Waals surface area contributed by atoms with Gasteiger partial charge in [-0.25, -0.2) is 9.13 Å². The number of carbonyl (C=O) groups excluding carboxylic acids is 4. The van der Waals surface area contributed by atoms with Gasteiger partial charge in [0.25, 0.3) is 0 Å². The molecule has 0 aromatic carbocycles. The summed E-state index contributed by atoms with van der Waals surface area (Å²) < 4.78 is 68.6. The van der Waals surface area contributed by atoms with E-state index in [1.165, 1.54) is 212 Å². The number of aliphatic hydroxyl groups excluding tert-OH is 1. The van der Waals surface area contributed by atoms with Crippen LogP contribution in [0.3, 0.4) is 0 Å². The molecule has 19 heteroatoms. The molecule has 0 spiro atoms. The topological polar surface area (TPSA) is 237 Å². The fourth-order valence-electron chi connectivity index (χ4n) is 12.4. The first-order valence-corrected chi connectivity index (χ1v) is 44.7. The monoisotopic (exact) mass is 1470 g/mol. The van der Waals surface area contributed by atoms with Crippen molar-refractivity contribution >= 4 is 39.5 Å². The van der Waals surface area contributed by atoms with Gasteiger partial charge in [0.05, 0.1) is 26.4 Å². The highest BCUT2D eigenvalue weighted by Gasteiger charge is 2.30. The maximum Gasteiger partial charge on any atom is 0.472 e. The van der Waals surface area contributed by atoms with Crippen LogP contribution in [0.1, 0.15) is 415 Å². The average Bonchev–Trinajstić information content (AvgIpc) is 0.927. The number of phosphoric acid groups is 2. The van der Waals surface area contributed by atoms with Crippen LogP contribution in [0.15, 0.2) is 0 Å². The van der Waals surface area contributed by atoms with Gasteiger partial charge in [0.1, 0.15) is 19.3 Å². The van der Waals surface area contributed by atoms with Crippen molar-refractivity contribution in [1.29, 1.82) is 0 Å². The molecule has 0 heterocycles. The molecule has 17 nitrogen and oxygen atoms in total. The van der Waals surface area contributed by atoms with Crippen LogP contribution in [0.5, 0.6) is 0 Å². The summed E-state index contributed by atoms with van der Waals surface area (Å²) in [6.45, 7) is 14.2. The van der Waals surface area contributed by atoms with Crippen molar-refractivity contribution in [2.24, 2.45) is 23.7 Å². The summed E-state index contributed by atoms with van der Waals surface area (Å²) in [5, 5.41) is 10.6. The van der Waals surface area contributed by atoms with Gasteiger partial charge in [-0.15, -0.1) is 0 Å². The highest BCUT2D eigenvalue weighted by atomic mass is 31.2. The van der Waals surface area contributed by atoms with Gasteiger partial charge in [-0.05, 0) is 49.4 Å². The average molecular weight is 1470 g/mol. The lowest BCUT2D eigenvalue weighted by Gasteiger charge is -2.21. The molecule has 594 valence electrons. The fraction of sp³-hybridized carbons (Fsp3) is 0.951. The molecular weight excluding hydrogens is 1310 g/mol. The highest BCUT2D eigenvalue weighted by Crippen LogP contribution is 2.45. The van der Waals surface area contributed by atoms with Crippen LogP contribution in [0, 0.1) is 23.7 Å². The van der Waals surface area contributed by atoms with Gasteiger partial charge in [0.2, 0.25) is 0 Å². The summed E-state index contributed by atoms with van der Waals surface area (Å²) >= 11 is 0. The Morgan fingerprint density at radius 1 is 0.250 bits per heavy atom. The van der Waals surface area contributed by atoms with Crippen molar-refractivity contribution in [1.82, 2.24) is 0 Å². The Morgan fingerprint density at radius 3 is 0.620 bits per heavy atom.